The molecule has 2 aromatic carbocycles. The number of aromatic nitrogens is 2. The van der Waals surface area contributed by atoms with Crippen LogP contribution in [0.4, 0.5) is 17.6 Å². The first-order valence-electron chi connectivity index (χ1n) is 9.77. The Hall–Kier alpha value is -2.67. The first-order valence-corrected chi connectivity index (χ1v) is 9.77. The zero-order valence-corrected chi connectivity index (χ0v) is 20.1. The Kier molecular flexibility index (Phi) is 10.1. The normalized spacial score (nSPS) is 11.7. The van der Waals surface area contributed by atoms with Crippen LogP contribution in [0.1, 0.15) is 16.7 Å². The van der Waals surface area contributed by atoms with Gasteiger partial charge < -0.3 is 19.9 Å². The summed E-state index contributed by atoms with van der Waals surface area (Å²) < 4.78 is 57.0. The van der Waals surface area contributed by atoms with Crippen molar-refractivity contribution in [2.45, 2.75) is 25.9 Å². The van der Waals surface area contributed by atoms with Crippen LogP contribution in [-0.4, -0.2) is 35.3 Å². The Morgan fingerprint density at radius 1 is 1.03 bits per heavy atom. The van der Waals surface area contributed by atoms with Crippen LogP contribution in [0.3, 0.4) is 0 Å². The van der Waals surface area contributed by atoms with Crippen molar-refractivity contribution in [3.63, 3.8) is 0 Å². The highest BCUT2D eigenvalue weighted by Crippen LogP contribution is 2.16. The molecule has 2 N–H and O–H groups in total. The van der Waals surface area contributed by atoms with Gasteiger partial charge in [-0.05, 0) is 28.8 Å². The van der Waals surface area contributed by atoms with E-state index in [4.69, 9.17) is 0 Å². The van der Waals surface area contributed by atoms with Gasteiger partial charge in [0.15, 0.2) is 5.96 Å². The first kappa shape index (κ1) is 26.6. The van der Waals surface area contributed by atoms with E-state index < -0.39 is 12.8 Å². The second kappa shape index (κ2) is 12.5. The molecule has 0 fully saturated rings. The third kappa shape index (κ3) is 8.65. The molecule has 0 aliphatic rings. The fraction of sp³-hybridized carbons (Fsp3) is 0.273. The van der Waals surface area contributed by atoms with Gasteiger partial charge in [0.1, 0.15) is 12.4 Å². The molecule has 0 saturated carbocycles. The third-order valence-corrected chi connectivity index (χ3v) is 4.50. The van der Waals surface area contributed by atoms with Crippen LogP contribution in [-0.2, 0) is 24.4 Å². The number of benzene rings is 2. The SMILES string of the molecule is CN=C(NCc1ccc(COCC(F)(F)F)cc1)NCc1ccc(-n2ccnc2)c(F)c1.I. The quantitative estimate of drug-likeness (QED) is 0.178. The maximum Gasteiger partial charge on any atom is 0.411 e. The average molecular weight is 577 g/mol. The Labute approximate surface area is 206 Å². The molecule has 0 bridgehead atoms. The number of alkyl halides is 3. The van der Waals surface area contributed by atoms with Gasteiger partial charge in [-0.1, -0.05) is 30.3 Å². The van der Waals surface area contributed by atoms with Crippen molar-refractivity contribution >= 4 is 29.9 Å². The first-order chi connectivity index (χ1) is 15.3. The molecule has 0 unspecified atom stereocenters. The molecule has 1 heterocycles. The van der Waals surface area contributed by atoms with Gasteiger partial charge in [-0.3, -0.25) is 4.99 Å². The molecule has 11 heteroatoms. The molecular weight excluding hydrogens is 553 g/mol. The molecule has 0 radical (unpaired) electrons. The van der Waals surface area contributed by atoms with Crippen molar-refractivity contribution in [2.75, 3.05) is 13.7 Å². The number of nitrogens with zero attached hydrogens (tertiary/aromatic N) is 3. The predicted octanol–water partition coefficient (Wildman–Crippen LogP) is 4.57. The number of aliphatic imine (C=N–C) groups is 1. The number of imidazole rings is 1. The molecule has 0 atom stereocenters. The number of guanidine groups is 1. The minimum Gasteiger partial charge on any atom is -0.367 e. The molecule has 6 nitrogen and oxygen atoms in total. The monoisotopic (exact) mass is 577 g/mol. The van der Waals surface area contributed by atoms with Crippen molar-refractivity contribution in [2.24, 2.45) is 4.99 Å². The lowest BCUT2D eigenvalue weighted by molar-refractivity contribution is -0.176. The molecule has 1 aromatic heterocycles. The van der Waals surface area contributed by atoms with E-state index in [0.717, 1.165) is 11.1 Å². The maximum atomic E-state index is 14.4. The summed E-state index contributed by atoms with van der Waals surface area (Å²) in [5.41, 5.74) is 2.74. The number of nitrogens with one attached hydrogen (secondary N) is 2. The Morgan fingerprint density at radius 2 is 1.67 bits per heavy atom. The standard InChI is InChI=1S/C22H23F4N5O.HI/c1-27-21(29-11-16-2-4-17(5-3-16)13-32-14-22(24,25)26)30-12-18-6-7-20(19(23)10-18)31-9-8-28-15-31;/h2-10,15H,11-14H2,1H3,(H2,27,29,30);1H. The van der Waals surface area contributed by atoms with Crippen molar-refractivity contribution in [1.82, 2.24) is 20.2 Å². The summed E-state index contributed by atoms with van der Waals surface area (Å²) in [6.45, 7) is -0.547. The largest absolute Gasteiger partial charge is 0.411 e. The zero-order chi connectivity index (χ0) is 23.0. The summed E-state index contributed by atoms with van der Waals surface area (Å²) in [6, 6.07) is 12.0. The highest BCUT2D eigenvalue weighted by Gasteiger charge is 2.27. The van der Waals surface area contributed by atoms with Crippen LogP contribution >= 0.6 is 24.0 Å². The van der Waals surface area contributed by atoms with E-state index in [1.54, 1.807) is 54.3 Å². The summed E-state index contributed by atoms with van der Waals surface area (Å²) in [4.78, 5) is 8.06. The molecule has 0 spiro atoms. The van der Waals surface area contributed by atoms with Crippen molar-refractivity contribution < 1.29 is 22.3 Å². The summed E-state index contributed by atoms with van der Waals surface area (Å²) in [5.74, 6) is 0.172. The molecule has 3 rings (SSSR count). The van der Waals surface area contributed by atoms with E-state index in [2.05, 4.69) is 25.3 Å². The van der Waals surface area contributed by atoms with E-state index in [0.29, 0.717) is 30.3 Å². The maximum absolute atomic E-state index is 14.4. The molecule has 0 amide bonds. The highest BCUT2D eigenvalue weighted by molar-refractivity contribution is 14.0. The van der Waals surface area contributed by atoms with Crippen molar-refractivity contribution in [3.8, 4) is 5.69 Å². The van der Waals surface area contributed by atoms with E-state index in [-0.39, 0.29) is 36.4 Å². The number of hydrogen-bond donors (Lipinski definition) is 2. The summed E-state index contributed by atoms with van der Waals surface area (Å²) >= 11 is 0. The van der Waals surface area contributed by atoms with E-state index in [9.17, 15) is 17.6 Å². The topological polar surface area (TPSA) is 63.5 Å². The zero-order valence-electron chi connectivity index (χ0n) is 17.8. The molecular formula is C22H24F4IN5O. The average Bonchev–Trinajstić information content (AvgIpc) is 3.28. The Bertz CT molecular complexity index is 1020. The predicted molar refractivity (Wildman–Crippen MR) is 128 cm³/mol. The number of hydrogen-bond acceptors (Lipinski definition) is 3. The summed E-state index contributed by atoms with van der Waals surface area (Å²) in [7, 11) is 1.62. The smallest absolute Gasteiger partial charge is 0.367 e. The lowest BCUT2D eigenvalue weighted by Crippen LogP contribution is -2.36. The number of halogens is 5. The Balaban J connectivity index is 0.00000385. The van der Waals surface area contributed by atoms with Gasteiger partial charge >= 0.3 is 6.18 Å². The van der Waals surface area contributed by atoms with Gasteiger partial charge in [-0.15, -0.1) is 24.0 Å². The lowest BCUT2D eigenvalue weighted by Gasteiger charge is -2.13. The Morgan fingerprint density at radius 3 is 2.24 bits per heavy atom. The van der Waals surface area contributed by atoms with Crippen LogP contribution < -0.4 is 10.6 Å². The third-order valence-electron chi connectivity index (χ3n) is 4.50. The van der Waals surface area contributed by atoms with Crippen LogP contribution in [0.5, 0.6) is 0 Å². The summed E-state index contributed by atoms with van der Waals surface area (Å²) in [5, 5.41) is 6.26. The minimum atomic E-state index is -4.33. The van der Waals surface area contributed by atoms with Gasteiger partial charge in [0, 0.05) is 32.5 Å². The van der Waals surface area contributed by atoms with Crippen LogP contribution in [0, 0.1) is 5.82 Å². The van der Waals surface area contributed by atoms with Gasteiger partial charge in [-0.25, -0.2) is 9.37 Å². The molecule has 0 saturated heterocycles. The number of rotatable bonds is 8. The molecule has 0 aliphatic carbocycles. The van der Waals surface area contributed by atoms with Gasteiger partial charge in [0.25, 0.3) is 0 Å². The highest BCUT2D eigenvalue weighted by atomic mass is 127. The van der Waals surface area contributed by atoms with Crippen LogP contribution in [0.2, 0.25) is 0 Å². The fourth-order valence-electron chi connectivity index (χ4n) is 2.90. The molecule has 0 aliphatic heterocycles. The van der Waals surface area contributed by atoms with E-state index >= 15 is 0 Å². The number of ether oxygens (including phenoxy) is 1. The van der Waals surface area contributed by atoms with Gasteiger partial charge in [0.05, 0.1) is 18.6 Å². The van der Waals surface area contributed by atoms with E-state index in [1.165, 1.54) is 12.4 Å². The molecule has 178 valence electrons. The van der Waals surface area contributed by atoms with Gasteiger partial charge in [0.2, 0.25) is 0 Å². The summed E-state index contributed by atoms with van der Waals surface area (Å²) in [6.07, 6.45) is 0.453. The minimum absolute atomic E-state index is 0. The fourth-order valence-corrected chi connectivity index (χ4v) is 2.90. The van der Waals surface area contributed by atoms with Crippen molar-refractivity contribution in [3.05, 3.63) is 83.7 Å². The van der Waals surface area contributed by atoms with Crippen LogP contribution in [0.25, 0.3) is 5.69 Å². The lowest BCUT2D eigenvalue weighted by atomic mass is 10.1. The molecule has 33 heavy (non-hydrogen) atoms. The second-order valence-electron chi connectivity index (χ2n) is 6.96. The van der Waals surface area contributed by atoms with Crippen LogP contribution in [0.15, 0.2) is 66.2 Å². The van der Waals surface area contributed by atoms with Gasteiger partial charge in [-0.2, -0.15) is 13.2 Å². The van der Waals surface area contributed by atoms with Crippen molar-refractivity contribution in [1.29, 1.82) is 0 Å². The molecule has 3 aromatic rings. The van der Waals surface area contributed by atoms with E-state index in [1.807, 2.05) is 6.07 Å². The second-order valence-corrected chi connectivity index (χ2v) is 6.96.